The largest absolute Gasteiger partial charge is 0.450 e. The van der Waals surface area contributed by atoms with Crippen LogP contribution in [0.5, 0.6) is 0 Å². The summed E-state index contributed by atoms with van der Waals surface area (Å²) in [7, 11) is 0. The Kier molecular flexibility index (Phi) is 11.7. The average Bonchev–Trinajstić information content (AvgIpc) is 3.46. The molecule has 0 radical (unpaired) electrons. The van der Waals surface area contributed by atoms with Crippen LogP contribution in [0.1, 0.15) is 48.3 Å². The van der Waals surface area contributed by atoms with Crippen molar-refractivity contribution in [3.05, 3.63) is 101 Å². The number of carbonyl (C=O) groups excluding carboxylic acids is 4. The molecule has 2 heterocycles. The number of benzene rings is 2. The Labute approximate surface area is 270 Å². The van der Waals surface area contributed by atoms with E-state index in [2.05, 4.69) is 10.3 Å². The molecule has 3 aromatic rings. The topological polar surface area (TPSA) is 106 Å². The summed E-state index contributed by atoms with van der Waals surface area (Å²) in [5.41, 5.74) is 1.55. The first kappa shape index (κ1) is 34.8. The van der Waals surface area contributed by atoms with E-state index < -0.39 is 66.0 Å². The zero-order chi connectivity index (χ0) is 33.4. The van der Waals surface area contributed by atoms with Crippen LogP contribution in [0.25, 0.3) is 0 Å². The van der Waals surface area contributed by atoms with E-state index >= 15 is 0 Å². The molecule has 1 N–H and O–H groups in total. The summed E-state index contributed by atoms with van der Waals surface area (Å²) >= 11 is 6.18. The van der Waals surface area contributed by atoms with Crippen molar-refractivity contribution in [2.75, 3.05) is 6.54 Å². The number of Topliss-reactive ketones (excluding diaryl/α,β-unsaturated/α-hetero) is 2. The fraction of sp³-hybridized carbons (Fsp3) is 0.382. The average molecular weight is 658 g/mol. The number of hydrogen-bond acceptors (Lipinski definition) is 6. The Morgan fingerprint density at radius 2 is 1.70 bits per heavy atom. The molecule has 1 saturated heterocycles. The second-order valence-corrected chi connectivity index (χ2v) is 12.1. The molecule has 1 fully saturated rings. The van der Waals surface area contributed by atoms with Gasteiger partial charge in [0.05, 0.1) is 18.8 Å². The summed E-state index contributed by atoms with van der Waals surface area (Å²) in [6.07, 6.45) is -4.99. The maximum absolute atomic E-state index is 14.3. The number of ketones is 2. The summed E-state index contributed by atoms with van der Waals surface area (Å²) in [6.45, 7) is 3.02. The maximum atomic E-state index is 14.3. The number of alkyl halides is 3. The molecule has 46 heavy (non-hydrogen) atoms. The molecule has 0 spiro atoms. The van der Waals surface area contributed by atoms with Crippen molar-refractivity contribution in [3.63, 3.8) is 0 Å². The zero-order valence-corrected chi connectivity index (χ0v) is 26.1. The highest BCUT2D eigenvalue weighted by molar-refractivity contribution is 6.30. The number of hydrogen-bond donors (Lipinski definition) is 1. The van der Waals surface area contributed by atoms with Crippen molar-refractivity contribution in [1.29, 1.82) is 0 Å². The number of pyridine rings is 1. The fourth-order valence-electron chi connectivity index (χ4n) is 5.48. The van der Waals surface area contributed by atoms with Gasteiger partial charge in [-0.15, -0.1) is 0 Å². The summed E-state index contributed by atoms with van der Waals surface area (Å²) in [4.78, 5) is 58.7. The molecule has 12 heteroatoms. The van der Waals surface area contributed by atoms with Crippen molar-refractivity contribution >= 4 is 35.0 Å². The lowest BCUT2D eigenvalue weighted by Gasteiger charge is -2.30. The molecule has 4 atom stereocenters. The molecule has 2 aromatic carbocycles. The van der Waals surface area contributed by atoms with Gasteiger partial charge in [-0.05, 0) is 41.3 Å². The standard InChI is InChI=1S/C34H35ClF3N3O5/c1-21(2)26(31(43)34(36,37)38)18-30(42)29-17-25(46-20-22-9-4-3-5-10-22)19-41(29)33(45)28(16-23-11-8-12-24(35)15-23)40-32(44)27-13-6-7-14-39-27/h3-15,21,25-26,28-29H,16-20H2,1-2H3,(H,40,44)/t25-,26+,28+,29+/m1/s1. The first-order valence-corrected chi connectivity index (χ1v) is 15.3. The summed E-state index contributed by atoms with van der Waals surface area (Å²) < 4.78 is 46.3. The van der Waals surface area contributed by atoms with Crippen LogP contribution < -0.4 is 5.32 Å². The summed E-state index contributed by atoms with van der Waals surface area (Å²) in [6, 6.07) is 18.3. The van der Waals surface area contributed by atoms with Crippen LogP contribution in [0.4, 0.5) is 13.2 Å². The van der Waals surface area contributed by atoms with Crippen molar-refractivity contribution in [3.8, 4) is 0 Å². The molecular formula is C34H35ClF3N3O5. The number of halogens is 4. The second kappa shape index (κ2) is 15.5. The minimum Gasteiger partial charge on any atom is -0.372 e. The van der Waals surface area contributed by atoms with Gasteiger partial charge < -0.3 is 15.0 Å². The van der Waals surface area contributed by atoms with E-state index in [1.807, 2.05) is 30.3 Å². The van der Waals surface area contributed by atoms with Crippen molar-refractivity contribution in [1.82, 2.24) is 15.2 Å². The number of likely N-dealkylation sites (tertiary alicyclic amines) is 1. The van der Waals surface area contributed by atoms with Crippen LogP contribution in [-0.4, -0.2) is 64.2 Å². The molecule has 2 amide bonds. The molecule has 1 aliphatic heterocycles. The smallest absolute Gasteiger partial charge is 0.372 e. The normalized spacial score (nSPS) is 17.8. The predicted octanol–water partition coefficient (Wildman–Crippen LogP) is 5.63. The molecule has 0 unspecified atom stereocenters. The van der Waals surface area contributed by atoms with Crippen LogP contribution in [0, 0.1) is 11.8 Å². The predicted molar refractivity (Wildman–Crippen MR) is 165 cm³/mol. The van der Waals surface area contributed by atoms with E-state index in [-0.39, 0.29) is 31.7 Å². The van der Waals surface area contributed by atoms with Crippen molar-refractivity contribution in [2.24, 2.45) is 11.8 Å². The van der Waals surface area contributed by atoms with Gasteiger partial charge in [-0.25, -0.2) is 0 Å². The first-order chi connectivity index (χ1) is 21.8. The van der Waals surface area contributed by atoms with E-state index in [9.17, 15) is 32.3 Å². The third-order valence-corrected chi connectivity index (χ3v) is 8.15. The van der Waals surface area contributed by atoms with Crippen LogP contribution in [0.3, 0.4) is 0 Å². The quantitative estimate of drug-likeness (QED) is 0.256. The molecule has 0 aliphatic carbocycles. The zero-order valence-electron chi connectivity index (χ0n) is 25.4. The third kappa shape index (κ3) is 9.23. The molecular weight excluding hydrogens is 623 g/mol. The molecule has 0 bridgehead atoms. The molecule has 244 valence electrons. The number of amides is 2. The Hall–Kier alpha value is -4.09. The van der Waals surface area contributed by atoms with Gasteiger partial charge in [0.2, 0.25) is 11.7 Å². The molecule has 1 aromatic heterocycles. The molecule has 1 aliphatic rings. The van der Waals surface area contributed by atoms with Gasteiger partial charge in [-0.2, -0.15) is 13.2 Å². The van der Waals surface area contributed by atoms with Crippen molar-refractivity contribution < 1.29 is 37.1 Å². The van der Waals surface area contributed by atoms with Gasteiger partial charge >= 0.3 is 6.18 Å². The Balaban J connectivity index is 1.63. The summed E-state index contributed by atoms with van der Waals surface area (Å²) in [5, 5.41) is 3.13. The van der Waals surface area contributed by atoms with Crippen LogP contribution in [0.15, 0.2) is 79.0 Å². The molecule has 4 rings (SSSR count). The first-order valence-electron chi connectivity index (χ1n) is 14.9. The van der Waals surface area contributed by atoms with E-state index in [1.54, 1.807) is 36.4 Å². The van der Waals surface area contributed by atoms with Gasteiger partial charge in [0.25, 0.3) is 5.91 Å². The summed E-state index contributed by atoms with van der Waals surface area (Å²) in [5.74, 6) is -6.31. The number of nitrogens with zero attached hydrogens (tertiary/aromatic N) is 2. The second-order valence-electron chi connectivity index (χ2n) is 11.6. The van der Waals surface area contributed by atoms with E-state index in [0.29, 0.717) is 10.6 Å². The Bertz CT molecular complexity index is 1520. The maximum Gasteiger partial charge on any atom is 0.450 e. The van der Waals surface area contributed by atoms with Gasteiger partial charge in [-0.1, -0.05) is 74.0 Å². The van der Waals surface area contributed by atoms with Gasteiger partial charge in [0.15, 0.2) is 5.78 Å². The highest BCUT2D eigenvalue weighted by Gasteiger charge is 2.48. The SMILES string of the molecule is CC(C)[C@H](CC(=O)[C@@H]1C[C@@H](OCc2ccccc2)CN1C(=O)[C@H](Cc1cccc(Cl)c1)NC(=O)c1ccccn1)C(=O)C(F)(F)F. The fourth-order valence-corrected chi connectivity index (χ4v) is 5.69. The van der Waals surface area contributed by atoms with Crippen LogP contribution in [-0.2, 0) is 32.1 Å². The van der Waals surface area contributed by atoms with Gasteiger partial charge in [-0.3, -0.25) is 24.2 Å². The number of carbonyl (C=O) groups is 4. The van der Waals surface area contributed by atoms with E-state index in [1.165, 1.54) is 31.0 Å². The number of ether oxygens (including phenoxy) is 1. The highest BCUT2D eigenvalue weighted by Crippen LogP contribution is 2.31. The number of aromatic nitrogens is 1. The molecule has 0 saturated carbocycles. The third-order valence-electron chi connectivity index (χ3n) is 7.92. The highest BCUT2D eigenvalue weighted by atomic mass is 35.5. The number of rotatable bonds is 13. The molecule has 8 nitrogen and oxygen atoms in total. The van der Waals surface area contributed by atoms with E-state index in [4.69, 9.17) is 16.3 Å². The van der Waals surface area contributed by atoms with Crippen LogP contribution >= 0.6 is 11.6 Å². The Morgan fingerprint density at radius 3 is 2.33 bits per heavy atom. The minimum atomic E-state index is -5.11. The van der Waals surface area contributed by atoms with Gasteiger partial charge in [0.1, 0.15) is 11.7 Å². The van der Waals surface area contributed by atoms with Crippen molar-refractivity contribution in [2.45, 2.75) is 64.1 Å². The minimum absolute atomic E-state index is 0.00605. The lowest BCUT2D eigenvalue weighted by atomic mass is 9.84. The Morgan fingerprint density at radius 1 is 1.00 bits per heavy atom. The van der Waals surface area contributed by atoms with Crippen LogP contribution in [0.2, 0.25) is 5.02 Å². The van der Waals surface area contributed by atoms with E-state index in [0.717, 1.165) is 5.56 Å². The number of nitrogens with one attached hydrogen (secondary N) is 1. The lowest BCUT2D eigenvalue weighted by molar-refractivity contribution is -0.177. The lowest BCUT2D eigenvalue weighted by Crippen LogP contribution is -2.53. The monoisotopic (exact) mass is 657 g/mol. The van der Waals surface area contributed by atoms with Gasteiger partial charge in [0, 0.05) is 42.9 Å².